The number of nitriles is 1. The maximum atomic E-state index is 8.87. The fourth-order valence-electron chi connectivity index (χ4n) is 3.94. The normalized spacial score (nSPS) is 27.3. The highest BCUT2D eigenvalue weighted by Crippen LogP contribution is 2.52. The molecule has 2 aliphatic carbocycles. The molecule has 2 aromatic rings. The average Bonchev–Trinajstić information content (AvgIpc) is 3.22. The number of nitrogens with zero attached hydrogens (tertiary/aromatic N) is 1. The molecular formula is C22H17N. The monoisotopic (exact) mass is 295 g/mol. The quantitative estimate of drug-likeness (QED) is 0.560. The molecular weight excluding hydrogens is 278 g/mol. The lowest BCUT2D eigenvalue weighted by atomic mass is 9.79. The number of allylic oxidation sites excluding steroid dienone is 2. The number of hydrogen-bond donors (Lipinski definition) is 0. The second-order valence-electron chi connectivity index (χ2n) is 6.37. The fourth-order valence-corrected chi connectivity index (χ4v) is 3.94. The summed E-state index contributed by atoms with van der Waals surface area (Å²) in [6.45, 7) is 0. The topological polar surface area (TPSA) is 23.8 Å². The summed E-state index contributed by atoms with van der Waals surface area (Å²) in [6, 6.07) is 20.5. The van der Waals surface area contributed by atoms with Gasteiger partial charge in [0, 0.05) is 17.4 Å². The zero-order valence-corrected chi connectivity index (χ0v) is 12.8. The molecule has 4 atom stereocenters. The Bertz CT molecular complexity index is 828. The molecule has 0 heterocycles. The predicted octanol–water partition coefficient (Wildman–Crippen LogP) is 4.52. The molecule has 0 N–H and O–H groups in total. The van der Waals surface area contributed by atoms with Crippen LogP contribution in [-0.4, -0.2) is 0 Å². The summed E-state index contributed by atoms with van der Waals surface area (Å²) in [5.74, 6) is 8.97. The number of hydrogen-bond acceptors (Lipinski definition) is 1. The van der Waals surface area contributed by atoms with Gasteiger partial charge in [-0.05, 0) is 48.1 Å². The van der Waals surface area contributed by atoms with Gasteiger partial charge < -0.3 is 0 Å². The first-order valence-electron chi connectivity index (χ1n) is 8.10. The van der Waals surface area contributed by atoms with Gasteiger partial charge in [0.2, 0.25) is 0 Å². The Morgan fingerprint density at radius 1 is 0.826 bits per heavy atom. The first kappa shape index (κ1) is 13.9. The fraction of sp³-hybridized carbons (Fsp3) is 0.227. The Morgan fingerprint density at radius 3 is 2.26 bits per heavy atom. The maximum Gasteiger partial charge on any atom is 0.0991 e. The molecule has 1 nitrogen and oxygen atoms in total. The SMILES string of the molecule is N#Cc1ccc(C#C[C@@H]2[C@@H](c3ccccc3)[C@H]3C=C[C@@H]2C3)cc1. The van der Waals surface area contributed by atoms with E-state index in [1.165, 1.54) is 12.0 Å². The standard InChI is InChI=1S/C22H17N/c23-15-17-8-6-16(7-9-17)10-13-21-19-11-12-20(14-19)22(21)18-4-2-1-3-5-18/h1-9,11-12,19-22H,14H2/t19-,20+,21+,22+/m1/s1. The van der Waals surface area contributed by atoms with Crippen molar-refractivity contribution in [1.29, 1.82) is 5.26 Å². The molecule has 2 bridgehead atoms. The molecule has 0 unspecified atom stereocenters. The lowest BCUT2D eigenvalue weighted by Gasteiger charge is -2.24. The third-order valence-corrected chi connectivity index (χ3v) is 5.04. The second kappa shape index (κ2) is 5.79. The van der Waals surface area contributed by atoms with Crippen LogP contribution in [0.5, 0.6) is 0 Å². The second-order valence-corrected chi connectivity index (χ2v) is 6.37. The minimum atomic E-state index is 0.392. The molecule has 1 heteroatoms. The highest BCUT2D eigenvalue weighted by molar-refractivity contribution is 5.42. The van der Waals surface area contributed by atoms with Crippen LogP contribution in [-0.2, 0) is 0 Å². The van der Waals surface area contributed by atoms with E-state index in [-0.39, 0.29) is 0 Å². The Labute approximate surface area is 137 Å². The van der Waals surface area contributed by atoms with Crippen molar-refractivity contribution < 1.29 is 0 Å². The molecule has 0 saturated heterocycles. The molecule has 1 saturated carbocycles. The van der Waals surface area contributed by atoms with Gasteiger partial charge in [0.1, 0.15) is 0 Å². The molecule has 0 amide bonds. The van der Waals surface area contributed by atoms with Gasteiger partial charge in [0.15, 0.2) is 0 Å². The molecule has 1 fully saturated rings. The smallest absolute Gasteiger partial charge is 0.0991 e. The van der Waals surface area contributed by atoms with Gasteiger partial charge in [0.25, 0.3) is 0 Å². The van der Waals surface area contributed by atoms with E-state index in [0.29, 0.717) is 29.2 Å². The zero-order chi connectivity index (χ0) is 15.6. The van der Waals surface area contributed by atoms with Crippen molar-refractivity contribution in [2.45, 2.75) is 12.3 Å². The number of fused-ring (bicyclic) bond motifs is 2. The van der Waals surface area contributed by atoms with E-state index in [1.807, 2.05) is 24.3 Å². The lowest BCUT2D eigenvalue weighted by molar-refractivity contribution is 0.493. The Kier molecular flexibility index (Phi) is 3.49. The summed E-state index contributed by atoms with van der Waals surface area (Å²) in [4.78, 5) is 0. The van der Waals surface area contributed by atoms with E-state index in [9.17, 15) is 0 Å². The summed E-state index contributed by atoms with van der Waals surface area (Å²) in [7, 11) is 0. The van der Waals surface area contributed by atoms with Crippen LogP contribution >= 0.6 is 0 Å². The van der Waals surface area contributed by atoms with Crippen molar-refractivity contribution in [3.8, 4) is 17.9 Å². The minimum Gasteiger partial charge on any atom is -0.192 e. The molecule has 23 heavy (non-hydrogen) atoms. The third-order valence-electron chi connectivity index (χ3n) is 5.04. The van der Waals surface area contributed by atoms with Gasteiger partial charge in [0.05, 0.1) is 11.6 Å². The van der Waals surface area contributed by atoms with E-state index in [4.69, 9.17) is 5.26 Å². The van der Waals surface area contributed by atoms with E-state index in [1.54, 1.807) is 0 Å². The van der Waals surface area contributed by atoms with Gasteiger partial charge in [-0.2, -0.15) is 5.26 Å². The van der Waals surface area contributed by atoms with E-state index >= 15 is 0 Å². The van der Waals surface area contributed by atoms with Crippen LogP contribution in [0.4, 0.5) is 0 Å². The predicted molar refractivity (Wildman–Crippen MR) is 91.4 cm³/mol. The van der Waals surface area contributed by atoms with Crippen LogP contribution in [0.3, 0.4) is 0 Å². The molecule has 0 radical (unpaired) electrons. The third kappa shape index (κ3) is 2.56. The molecule has 0 aromatic heterocycles. The lowest BCUT2D eigenvalue weighted by Crippen LogP contribution is -2.16. The van der Waals surface area contributed by atoms with Gasteiger partial charge in [-0.25, -0.2) is 0 Å². The summed E-state index contributed by atoms with van der Waals surface area (Å²) >= 11 is 0. The van der Waals surface area contributed by atoms with Crippen LogP contribution in [0.1, 0.15) is 29.0 Å². The molecule has 0 spiro atoms. The van der Waals surface area contributed by atoms with E-state index in [2.05, 4.69) is 60.4 Å². The molecule has 110 valence electrons. The van der Waals surface area contributed by atoms with E-state index in [0.717, 1.165) is 5.56 Å². The van der Waals surface area contributed by atoms with Crippen LogP contribution < -0.4 is 0 Å². The maximum absolute atomic E-state index is 8.87. The number of benzene rings is 2. The van der Waals surface area contributed by atoms with Crippen LogP contribution in [0.15, 0.2) is 66.7 Å². The highest BCUT2D eigenvalue weighted by Gasteiger charge is 2.44. The van der Waals surface area contributed by atoms with Gasteiger partial charge in [-0.1, -0.05) is 54.3 Å². The van der Waals surface area contributed by atoms with Crippen molar-refractivity contribution in [3.05, 3.63) is 83.4 Å². The van der Waals surface area contributed by atoms with Crippen molar-refractivity contribution in [1.82, 2.24) is 0 Å². The zero-order valence-electron chi connectivity index (χ0n) is 12.8. The molecule has 2 aromatic carbocycles. The minimum absolute atomic E-state index is 0.392. The summed E-state index contributed by atoms with van der Waals surface area (Å²) in [5, 5.41) is 8.87. The van der Waals surface area contributed by atoms with Crippen molar-refractivity contribution in [2.75, 3.05) is 0 Å². The summed E-state index contributed by atoms with van der Waals surface area (Å²) in [6.07, 6.45) is 5.96. The first-order valence-corrected chi connectivity index (χ1v) is 8.10. The summed E-state index contributed by atoms with van der Waals surface area (Å²) < 4.78 is 0. The molecule has 0 aliphatic heterocycles. The Morgan fingerprint density at radius 2 is 1.52 bits per heavy atom. The van der Waals surface area contributed by atoms with Gasteiger partial charge in [-0.3, -0.25) is 0 Å². The van der Waals surface area contributed by atoms with Gasteiger partial charge in [-0.15, -0.1) is 0 Å². The number of rotatable bonds is 1. The van der Waals surface area contributed by atoms with Gasteiger partial charge >= 0.3 is 0 Å². The van der Waals surface area contributed by atoms with Crippen molar-refractivity contribution >= 4 is 0 Å². The Hall–Kier alpha value is -2.77. The van der Waals surface area contributed by atoms with Crippen LogP contribution in [0, 0.1) is 40.9 Å². The highest BCUT2D eigenvalue weighted by atomic mass is 14.5. The van der Waals surface area contributed by atoms with E-state index < -0.39 is 0 Å². The van der Waals surface area contributed by atoms with Crippen LogP contribution in [0.2, 0.25) is 0 Å². The van der Waals surface area contributed by atoms with Crippen molar-refractivity contribution in [3.63, 3.8) is 0 Å². The molecule has 2 aliphatic rings. The average molecular weight is 295 g/mol. The van der Waals surface area contributed by atoms with Crippen molar-refractivity contribution in [2.24, 2.45) is 17.8 Å². The molecule has 4 rings (SSSR count). The summed E-state index contributed by atoms with van der Waals surface area (Å²) in [5.41, 5.74) is 3.08. The van der Waals surface area contributed by atoms with Crippen LogP contribution in [0.25, 0.3) is 0 Å². The first-order chi connectivity index (χ1) is 11.3. The largest absolute Gasteiger partial charge is 0.192 e. The Balaban J connectivity index is 1.64.